The zero-order chi connectivity index (χ0) is 14.4. The third kappa shape index (κ3) is 4.05. The van der Waals surface area contributed by atoms with Crippen LogP contribution in [0.4, 0.5) is 0 Å². The Hall–Kier alpha value is -1.39. The Morgan fingerprint density at radius 3 is 2.60 bits per heavy atom. The zero-order valence-corrected chi connectivity index (χ0v) is 11.8. The summed E-state index contributed by atoms with van der Waals surface area (Å²) in [5.41, 5.74) is 2.26. The van der Waals surface area contributed by atoms with Gasteiger partial charge in [-0.05, 0) is 24.0 Å². The minimum absolute atomic E-state index is 0.278. The van der Waals surface area contributed by atoms with Crippen LogP contribution in [-0.4, -0.2) is 27.6 Å². The molecule has 0 fully saturated rings. The molecule has 1 heterocycles. The Morgan fingerprint density at radius 1 is 1.15 bits per heavy atom. The van der Waals surface area contributed by atoms with Gasteiger partial charge in [0.2, 0.25) is 0 Å². The molecule has 1 aliphatic heterocycles. The molecule has 20 heavy (non-hydrogen) atoms. The molecule has 0 saturated heterocycles. The van der Waals surface area contributed by atoms with Crippen molar-refractivity contribution in [2.75, 3.05) is 6.54 Å². The molecule has 0 amide bonds. The molecular formula is C16H23NO3. The fourth-order valence-electron chi connectivity index (χ4n) is 2.75. The van der Waals surface area contributed by atoms with E-state index in [0.717, 1.165) is 50.8 Å². The maximum atomic E-state index is 10.4. The summed E-state index contributed by atoms with van der Waals surface area (Å²) in [6.45, 7) is 1.73. The highest BCUT2D eigenvalue weighted by Crippen LogP contribution is 2.31. The molecule has 4 nitrogen and oxygen atoms in total. The molecule has 2 N–H and O–H groups in total. The van der Waals surface area contributed by atoms with Crippen LogP contribution in [0.25, 0.3) is 0 Å². The van der Waals surface area contributed by atoms with Gasteiger partial charge in [-0.2, -0.15) is 0 Å². The summed E-state index contributed by atoms with van der Waals surface area (Å²) in [6.07, 6.45) is 4.79. The molecule has 0 unspecified atom stereocenters. The number of aliphatic hydroxyl groups excluding tert-OH is 1. The van der Waals surface area contributed by atoms with E-state index < -0.39 is 12.2 Å². The zero-order valence-electron chi connectivity index (χ0n) is 11.8. The van der Waals surface area contributed by atoms with Crippen molar-refractivity contribution >= 4 is 5.97 Å². The van der Waals surface area contributed by atoms with E-state index in [2.05, 4.69) is 11.0 Å². The van der Waals surface area contributed by atoms with Gasteiger partial charge in [-0.15, -0.1) is 0 Å². The summed E-state index contributed by atoms with van der Waals surface area (Å²) in [4.78, 5) is 12.5. The van der Waals surface area contributed by atoms with Crippen LogP contribution in [0, 0.1) is 0 Å². The average molecular weight is 277 g/mol. The maximum Gasteiger partial charge on any atom is 0.303 e. The quantitative estimate of drug-likeness (QED) is 0.717. The number of hydrogen-bond acceptors (Lipinski definition) is 3. The molecule has 0 bridgehead atoms. The Bertz CT molecular complexity index is 447. The van der Waals surface area contributed by atoms with Crippen LogP contribution < -0.4 is 0 Å². The Labute approximate surface area is 120 Å². The molecule has 0 aromatic heterocycles. The first-order valence-corrected chi connectivity index (χ1v) is 7.40. The van der Waals surface area contributed by atoms with Crippen LogP contribution in [0.1, 0.15) is 55.9 Å². The first-order chi connectivity index (χ1) is 9.68. The van der Waals surface area contributed by atoms with Crippen LogP contribution in [0.2, 0.25) is 0 Å². The molecule has 1 aromatic carbocycles. The van der Waals surface area contributed by atoms with Crippen LogP contribution >= 0.6 is 0 Å². The van der Waals surface area contributed by atoms with Crippen molar-refractivity contribution in [3.63, 3.8) is 0 Å². The minimum Gasteiger partial charge on any atom is -0.481 e. The van der Waals surface area contributed by atoms with Gasteiger partial charge in [0.1, 0.15) is 6.23 Å². The highest BCUT2D eigenvalue weighted by Gasteiger charge is 2.26. The van der Waals surface area contributed by atoms with Crippen LogP contribution in [-0.2, 0) is 11.3 Å². The van der Waals surface area contributed by atoms with Gasteiger partial charge in [-0.1, -0.05) is 43.5 Å². The molecule has 0 aliphatic carbocycles. The van der Waals surface area contributed by atoms with Gasteiger partial charge in [-0.3, -0.25) is 9.69 Å². The van der Waals surface area contributed by atoms with Crippen LogP contribution in [0.15, 0.2) is 24.3 Å². The van der Waals surface area contributed by atoms with Gasteiger partial charge in [0.25, 0.3) is 0 Å². The van der Waals surface area contributed by atoms with E-state index in [0.29, 0.717) is 0 Å². The van der Waals surface area contributed by atoms with E-state index >= 15 is 0 Å². The van der Waals surface area contributed by atoms with Crippen molar-refractivity contribution < 1.29 is 15.0 Å². The van der Waals surface area contributed by atoms with Gasteiger partial charge in [-0.25, -0.2) is 0 Å². The van der Waals surface area contributed by atoms with Crippen LogP contribution in [0.5, 0.6) is 0 Å². The van der Waals surface area contributed by atoms with Crippen molar-refractivity contribution in [3.8, 4) is 0 Å². The van der Waals surface area contributed by atoms with Crippen molar-refractivity contribution in [3.05, 3.63) is 35.4 Å². The lowest BCUT2D eigenvalue weighted by Gasteiger charge is -2.20. The largest absolute Gasteiger partial charge is 0.481 e. The number of aliphatic carboxylic acids is 1. The summed E-state index contributed by atoms with van der Waals surface area (Å²) >= 11 is 0. The van der Waals surface area contributed by atoms with E-state index in [1.165, 1.54) is 5.56 Å². The highest BCUT2D eigenvalue weighted by molar-refractivity contribution is 5.66. The first-order valence-electron chi connectivity index (χ1n) is 7.40. The average Bonchev–Trinajstić information content (AvgIpc) is 2.75. The SMILES string of the molecule is O=C(O)CCCCCCCN1Cc2ccccc2[C@H]1O. The second-order valence-electron chi connectivity index (χ2n) is 5.45. The van der Waals surface area contributed by atoms with Crippen molar-refractivity contribution in [1.82, 2.24) is 4.90 Å². The second-order valence-corrected chi connectivity index (χ2v) is 5.45. The molecule has 4 heteroatoms. The molecule has 1 atom stereocenters. The number of carboxylic acids is 1. The van der Waals surface area contributed by atoms with E-state index in [9.17, 15) is 9.90 Å². The number of aliphatic hydroxyl groups is 1. The molecule has 0 radical (unpaired) electrons. The summed E-state index contributed by atoms with van der Waals surface area (Å²) in [5.74, 6) is -0.706. The fourth-order valence-corrected chi connectivity index (χ4v) is 2.75. The van der Waals surface area contributed by atoms with Crippen molar-refractivity contribution in [1.29, 1.82) is 0 Å². The lowest BCUT2D eigenvalue weighted by Crippen LogP contribution is -2.22. The molecule has 110 valence electrons. The van der Waals surface area contributed by atoms with E-state index in [-0.39, 0.29) is 6.42 Å². The fraction of sp³-hybridized carbons (Fsp3) is 0.562. The van der Waals surface area contributed by atoms with Gasteiger partial charge in [0.15, 0.2) is 0 Å². The normalized spacial score (nSPS) is 18.1. The van der Waals surface area contributed by atoms with E-state index in [4.69, 9.17) is 5.11 Å². The van der Waals surface area contributed by atoms with E-state index in [1.807, 2.05) is 18.2 Å². The molecular weight excluding hydrogens is 254 g/mol. The Balaban J connectivity index is 1.61. The number of carboxylic acid groups (broad SMARTS) is 1. The summed E-state index contributed by atoms with van der Waals surface area (Å²) in [7, 11) is 0. The summed E-state index contributed by atoms with van der Waals surface area (Å²) in [6, 6.07) is 8.04. The van der Waals surface area contributed by atoms with Crippen molar-refractivity contribution in [2.24, 2.45) is 0 Å². The molecule has 2 rings (SSSR count). The monoisotopic (exact) mass is 277 g/mol. The standard InChI is InChI=1S/C16H23NO3/c18-15(19)10-4-2-1-3-7-11-17-12-13-8-5-6-9-14(13)16(17)20/h5-6,8-9,16,20H,1-4,7,10-12H2,(H,18,19)/t16-/m1/s1. The van der Waals surface area contributed by atoms with Gasteiger partial charge < -0.3 is 10.2 Å². The second kappa shape index (κ2) is 7.41. The highest BCUT2D eigenvalue weighted by atomic mass is 16.4. The molecule has 1 aromatic rings. The number of fused-ring (bicyclic) bond motifs is 1. The number of carbonyl (C=O) groups is 1. The third-order valence-electron chi connectivity index (χ3n) is 3.89. The smallest absolute Gasteiger partial charge is 0.303 e. The summed E-state index contributed by atoms with van der Waals surface area (Å²) in [5, 5.41) is 18.7. The molecule has 0 saturated carbocycles. The van der Waals surface area contributed by atoms with Gasteiger partial charge in [0, 0.05) is 19.5 Å². The lowest BCUT2D eigenvalue weighted by molar-refractivity contribution is -0.137. The van der Waals surface area contributed by atoms with E-state index in [1.54, 1.807) is 0 Å². The Morgan fingerprint density at radius 2 is 1.85 bits per heavy atom. The maximum absolute atomic E-state index is 10.4. The predicted octanol–water partition coefficient (Wildman–Crippen LogP) is 2.92. The number of hydrogen-bond donors (Lipinski definition) is 2. The topological polar surface area (TPSA) is 60.8 Å². The molecule has 1 aliphatic rings. The lowest BCUT2D eigenvalue weighted by atomic mass is 10.1. The third-order valence-corrected chi connectivity index (χ3v) is 3.89. The minimum atomic E-state index is -0.706. The number of nitrogens with zero attached hydrogens (tertiary/aromatic N) is 1. The first kappa shape index (κ1) is 15.0. The van der Waals surface area contributed by atoms with Gasteiger partial charge in [0.05, 0.1) is 0 Å². The predicted molar refractivity (Wildman–Crippen MR) is 77.1 cm³/mol. The molecule has 0 spiro atoms. The van der Waals surface area contributed by atoms with Crippen LogP contribution in [0.3, 0.4) is 0 Å². The Kier molecular flexibility index (Phi) is 5.56. The number of unbranched alkanes of at least 4 members (excludes halogenated alkanes) is 4. The number of benzene rings is 1. The van der Waals surface area contributed by atoms with Gasteiger partial charge >= 0.3 is 5.97 Å². The summed E-state index contributed by atoms with van der Waals surface area (Å²) < 4.78 is 0. The number of rotatable bonds is 8. The van der Waals surface area contributed by atoms with Crippen molar-refractivity contribution in [2.45, 2.75) is 51.3 Å².